The first-order valence-corrected chi connectivity index (χ1v) is 16.0. The van der Waals surface area contributed by atoms with E-state index in [1.807, 2.05) is 0 Å². The molecule has 0 bridgehead atoms. The molecule has 0 unspecified atom stereocenters. The molecule has 5 rings (SSSR count). The number of rotatable bonds is 8. The number of Topliss-reactive ketones (excluding diaryl/α,β-unsaturated/α-hetero) is 2. The predicted octanol–water partition coefficient (Wildman–Crippen LogP) is 9.55. The summed E-state index contributed by atoms with van der Waals surface area (Å²) >= 11 is 6.80. The van der Waals surface area contributed by atoms with Gasteiger partial charge in [0, 0.05) is 53.9 Å². The highest BCUT2D eigenvalue weighted by Crippen LogP contribution is 2.56. The molecular formula is C35H38ClF3N2O6. The number of nitrogens with zero attached hydrogens (tertiary/aromatic N) is 2. The zero-order chi connectivity index (χ0) is 34.6. The number of hydrogen-bond donors (Lipinski definition) is 0. The molecule has 3 aliphatic rings. The van der Waals surface area contributed by atoms with Crippen molar-refractivity contribution in [2.75, 3.05) is 13.2 Å². The second-order valence-electron chi connectivity index (χ2n) is 14.0. The molecular weight excluding hydrogens is 637 g/mol. The van der Waals surface area contributed by atoms with Crippen LogP contribution in [0.1, 0.15) is 90.7 Å². The lowest BCUT2D eigenvalue weighted by Crippen LogP contribution is -2.44. The van der Waals surface area contributed by atoms with Crippen molar-refractivity contribution < 1.29 is 37.2 Å². The molecule has 2 aromatic carbocycles. The van der Waals surface area contributed by atoms with E-state index in [9.17, 15) is 32.9 Å². The third kappa shape index (κ3) is 6.64. The molecule has 2 aromatic rings. The minimum atomic E-state index is -4.80. The summed E-state index contributed by atoms with van der Waals surface area (Å²) in [5.74, 6) is -1.37. The molecule has 8 nitrogen and oxygen atoms in total. The Kier molecular flexibility index (Phi) is 9.02. The van der Waals surface area contributed by atoms with E-state index in [0.717, 1.165) is 23.9 Å². The van der Waals surface area contributed by atoms with Crippen molar-refractivity contribution >= 4 is 28.9 Å². The summed E-state index contributed by atoms with van der Waals surface area (Å²) in [6, 6.07) is 5.10. The topological polar surface area (TPSA) is 99.0 Å². The predicted molar refractivity (Wildman–Crippen MR) is 171 cm³/mol. The Morgan fingerprint density at radius 2 is 1.51 bits per heavy atom. The molecule has 0 amide bonds. The number of halogens is 4. The van der Waals surface area contributed by atoms with Crippen LogP contribution in [0.4, 0.5) is 18.9 Å². The molecule has 0 saturated carbocycles. The molecule has 252 valence electrons. The molecule has 0 spiro atoms. The lowest BCUT2D eigenvalue weighted by Gasteiger charge is -2.49. The van der Waals surface area contributed by atoms with Gasteiger partial charge in [-0.25, -0.2) is 0 Å². The lowest BCUT2D eigenvalue weighted by atomic mass is 9.63. The quantitative estimate of drug-likeness (QED) is 0.203. The standard InChI is InChI=1S/C35H38ClF3N2O6/c1-7-11-40-23-15-33(3,4)17-25(42)30(23)29(31-24(40)16-34(5,6)18-26(31)43)19-12-21(36)32(28(13-19)46-8-2)47-27-10-9-20(35(37,38)39)14-22(27)41(44)45/h9-10,12-14,29H,7-8,11,15-18H2,1-6H3. The number of nitro groups is 1. The van der Waals surface area contributed by atoms with Gasteiger partial charge >= 0.3 is 11.9 Å². The summed E-state index contributed by atoms with van der Waals surface area (Å²) < 4.78 is 51.7. The number of carbonyl (C=O) groups is 2. The average molecular weight is 675 g/mol. The lowest BCUT2D eigenvalue weighted by molar-refractivity contribution is -0.385. The maximum absolute atomic E-state index is 14.0. The van der Waals surface area contributed by atoms with Crippen molar-refractivity contribution in [3.05, 3.63) is 79.1 Å². The summed E-state index contributed by atoms with van der Waals surface area (Å²) in [7, 11) is 0. The van der Waals surface area contributed by atoms with Crippen molar-refractivity contribution in [2.45, 2.75) is 85.7 Å². The van der Waals surface area contributed by atoms with Gasteiger partial charge in [-0.15, -0.1) is 0 Å². The van der Waals surface area contributed by atoms with Gasteiger partial charge in [0.2, 0.25) is 5.75 Å². The van der Waals surface area contributed by atoms with Crippen molar-refractivity contribution in [3.63, 3.8) is 0 Å². The molecule has 1 aliphatic heterocycles. The fourth-order valence-electron chi connectivity index (χ4n) is 7.02. The van der Waals surface area contributed by atoms with Gasteiger partial charge in [-0.3, -0.25) is 19.7 Å². The molecule has 0 aromatic heterocycles. The third-order valence-corrected chi connectivity index (χ3v) is 9.11. The number of carbonyl (C=O) groups excluding carboxylic acids is 2. The molecule has 0 saturated heterocycles. The van der Waals surface area contributed by atoms with Gasteiger partial charge < -0.3 is 14.4 Å². The van der Waals surface area contributed by atoms with Crippen LogP contribution in [0.15, 0.2) is 52.9 Å². The van der Waals surface area contributed by atoms with Crippen LogP contribution in [0.25, 0.3) is 0 Å². The largest absolute Gasteiger partial charge is 0.490 e. The smallest absolute Gasteiger partial charge is 0.416 e. The number of hydrogen-bond acceptors (Lipinski definition) is 7. The zero-order valence-corrected chi connectivity index (χ0v) is 28.0. The molecule has 1 heterocycles. The molecule has 12 heteroatoms. The first kappa shape index (κ1) is 34.5. The Bertz CT molecular complexity index is 1670. The highest BCUT2D eigenvalue weighted by Gasteiger charge is 2.49. The van der Waals surface area contributed by atoms with Crippen LogP contribution in [0, 0.1) is 20.9 Å². The van der Waals surface area contributed by atoms with Gasteiger partial charge in [-0.2, -0.15) is 13.2 Å². The Balaban J connectivity index is 1.70. The molecule has 0 radical (unpaired) electrons. The van der Waals surface area contributed by atoms with E-state index in [-0.39, 0.29) is 45.5 Å². The van der Waals surface area contributed by atoms with Crippen molar-refractivity contribution in [1.82, 2.24) is 4.90 Å². The monoisotopic (exact) mass is 674 g/mol. The van der Waals surface area contributed by atoms with Gasteiger partial charge in [0.25, 0.3) is 0 Å². The SMILES string of the molecule is CCCN1C2=C(C(=O)CC(C)(C)C2)C(c2cc(Cl)c(Oc3ccc(C(F)(F)F)cc3[N+](=O)[O-])c(OCC)c2)C2=C1CC(C)(C)CC2=O. The Morgan fingerprint density at radius 3 is 2.00 bits per heavy atom. The van der Waals surface area contributed by atoms with Crippen molar-refractivity contribution in [3.8, 4) is 17.2 Å². The normalized spacial score (nSPS) is 19.5. The molecule has 47 heavy (non-hydrogen) atoms. The Labute approximate surface area is 276 Å². The van der Waals surface area contributed by atoms with Crippen LogP contribution in [0.5, 0.6) is 17.2 Å². The maximum atomic E-state index is 14.0. The van der Waals surface area contributed by atoms with E-state index in [4.69, 9.17) is 21.1 Å². The van der Waals surface area contributed by atoms with Gasteiger partial charge in [-0.1, -0.05) is 46.2 Å². The number of ether oxygens (including phenoxy) is 2. The fraction of sp³-hybridized carbons (Fsp3) is 0.486. The van der Waals surface area contributed by atoms with Crippen LogP contribution >= 0.6 is 11.6 Å². The third-order valence-electron chi connectivity index (χ3n) is 8.83. The second kappa shape index (κ2) is 12.3. The number of allylic oxidation sites excluding steroid dienone is 4. The van der Waals surface area contributed by atoms with E-state index >= 15 is 0 Å². The fourth-order valence-corrected chi connectivity index (χ4v) is 7.28. The second-order valence-corrected chi connectivity index (χ2v) is 14.4. The average Bonchev–Trinajstić information content (AvgIpc) is 2.93. The number of benzene rings is 2. The highest BCUT2D eigenvalue weighted by atomic mass is 35.5. The highest BCUT2D eigenvalue weighted by molar-refractivity contribution is 6.32. The van der Waals surface area contributed by atoms with Gasteiger partial charge in [0.05, 0.1) is 22.1 Å². The summed E-state index contributed by atoms with van der Waals surface area (Å²) in [4.78, 5) is 41.1. The van der Waals surface area contributed by atoms with E-state index in [1.54, 1.807) is 19.1 Å². The molecule has 0 fully saturated rings. The maximum Gasteiger partial charge on any atom is 0.416 e. The van der Waals surface area contributed by atoms with Crippen LogP contribution < -0.4 is 9.47 Å². The number of alkyl halides is 3. The van der Waals surface area contributed by atoms with Gasteiger partial charge in [-0.05, 0) is 66.8 Å². The summed E-state index contributed by atoms with van der Waals surface area (Å²) in [6.07, 6.45) is -2.11. The van der Waals surface area contributed by atoms with E-state index < -0.39 is 34.0 Å². The minimum Gasteiger partial charge on any atom is -0.490 e. The van der Waals surface area contributed by atoms with Crippen LogP contribution in [0.2, 0.25) is 5.02 Å². The number of ketones is 2. The first-order valence-electron chi connectivity index (χ1n) is 15.7. The van der Waals surface area contributed by atoms with Gasteiger partial charge in [0.1, 0.15) is 0 Å². The van der Waals surface area contributed by atoms with Gasteiger partial charge in [0.15, 0.2) is 23.1 Å². The molecule has 0 atom stereocenters. The Hall–Kier alpha value is -3.86. The summed E-state index contributed by atoms with van der Waals surface area (Å²) in [5.41, 5.74) is 0.735. The zero-order valence-electron chi connectivity index (χ0n) is 27.3. The van der Waals surface area contributed by atoms with Crippen LogP contribution in [-0.4, -0.2) is 34.5 Å². The van der Waals surface area contributed by atoms with Crippen LogP contribution in [-0.2, 0) is 15.8 Å². The molecule has 2 aliphatic carbocycles. The molecule has 0 N–H and O–H groups in total. The first-order chi connectivity index (χ1) is 21.9. The van der Waals surface area contributed by atoms with Crippen LogP contribution in [0.3, 0.4) is 0 Å². The minimum absolute atomic E-state index is 0.0485. The summed E-state index contributed by atoms with van der Waals surface area (Å²) in [5, 5.41) is 11.7. The summed E-state index contributed by atoms with van der Waals surface area (Å²) in [6.45, 7) is 12.8. The Morgan fingerprint density at radius 1 is 0.936 bits per heavy atom. The number of nitro benzene ring substituents is 1. The van der Waals surface area contributed by atoms with Crippen molar-refractivity contribution in [2.24, 2.45) is 10.8 Å². The van der Waals surface area contributed by atoms with E-state index in [0.29, 0.717) is 61.1 Å². The van der Waals surface area contributed by atoms with Crippen molar-refractivity contribution in [1.29, 1.82) is 0 Å². The van der Waals surface area contributed by atoms with E-state index in [2.05, 4.69) is 39.5 Å². The van der Waals surface area contributed by atoms with E-state index in [1.165, 1.54) is 0 Å².